The van der Waals surface area contributed by atoms with Gasteiger partial charge in [-0.2, -0.15) is 4.98 Å². The van der Waals surface area contributed by atoms with Crippen molar-refractivity contribution >= 4 is 36.1 Å². The van der Waals surface area contributed by atoms with Gasteiger partial charge in [-0.05, 0) is 18.1 Å². The lowest BCUT2D eigenvalue weighted by Gasteiger charge is -2.30. The van der Waals surface area contributed by atoms with Gasteiger partial charge in [0.1, 0.15) is 12.8 Å². The number of imidazole rings is 1. The SMILES string of the molecule is C=CC1(C)C(C)C(CO[P+](=S)Oc2ccccc2)OC1n1cnc2c(=O)[nH]c(N)nc21. The highest BCUT2D eigenvalue weighted by atomic mass is 32.4. The van der Waals surface area contributed by atoms with Crippen LogP contribution in [-0.4, -0.2) is 32.2 Å². The lowest BCUT2D eigenvalue weighted by atomic mass is 9.76. The summed E-state index contributed by atoms with van der Waals surface area (Å²) in [6.07, 6.45) is 2.60. The van der Waals surface area contributed by atoms with Crippen LogP contribution in [0.3, 0.4) is 0 Å². The Hall–Kier alpha value is -2.65. The molecule has 9 nitrogen and oxygen atoms in total. The number of nitrogens with zero attached hydrogens (tertiary/aromatic N) is 3. The zero-order chi connectivity index (χ0) is 22.2. The van der Waals surface area contributed by atoms with Gasteiger partial charge in [-0.15, -0.1) is 11.1 Å². The number of benzene rings is 1. The third kappa shape index (κ3) is 3.99. The topological polar surface area (TPSA) is 117 Å². The summed E-state index contributed by atoms with van der Waals surface area (Å²) in [6.45, 7) is 8.37. The first-order valence-electron chi connectivity index (χ1n) is 9.68. The minimum atomic E-state index is -1.54. The zero-order valence-electron chi connectivity index (χ0n) is 17.1. The molecule has 0 spiro atoms. The zero-order valence-corrected chi connectivity index (χ0v) is 18.8. The summed E-state index contributed by atoms with van der Waals surface area (Å²) in [5.41, 5.74) is 5.41. The van der Waals surface area contributed by atoms with E-state index in [9.17, 15) is 4.79 Å². The molecule has 0 saturated carbocycles. The van der Waals surface area contributed by atoms with E-state index in [1.165, 1.54) is 6.33 Å². The summed E-state index contributed by atoms with van der Waals surface area (Å²) in [5.74, 6) is 0.707. The highest BCUT2D eigenvalue weighted by Crippen LogP contribution is 2.51. The Morgan fingerprint density at radius 3 is 2.90 bits per heavy atom. The second kappa shape index (κ2) is 8.47. The van der Waals surface area contributed by atoms with Gasteiger partial charge in [-0.25, -0.2) is 4.98 Å². The molecule has 162 valence electrons. The molecule has 3 heterocycles. The van der Waals surface area contributed by atoms with Crippen LogP contribution >= 0.6 is 7.15 Å². The van der Waals surface area contributed by atoms with Crippen LogP contribution in [0.25, 0.3) is 11.2 Å². The van der Waals surface area contributed by atoms with Gasteiger partial charge in [-0.1, -0.05) is 38.1 Å². The van der Waals surface area contributed by atoms with Crippen molar-refractivity contribution in [2.75, 3.05) is 12.3 Å². The molecule has 0 aliphatic carbocycles. The fourth-order valence-electron chi connectivity index (χ4n) is 3.73. The summed E-state index contributed by atoms with van der Waals surface area (Å²) in [5, 5.41) is 0. The summed E-state index contributed by atoms with van der Waals surface area (Å²) in [7, 11) is -1.54. The van der Waals surface area contributed by atoms with Gasteiger partial charge < -0.3 is 10.5 Å². The molecular formula is C20H23N5O4PS+. The highest BCUT2D eigenvalue weighted by Gasteiger charge is 2.51. The van der Waals surface area contributed by atoms with Crippen molar-refractivity contribution in [3.63, 3.8) is 0 Å². The van der Waals surface area contributed by atoms with Gasteiger partial charge in [0.25, 0.3) is 5.56 Å². The number of anilines is 1. The molecule has 1 aliphatic heterocycles. The second-order valence-corrected chi connectivity index (χ2v) is 9.37. The number of aromatic nitrogens is 4. The molecule has 3 N–H and O–H groups in total. The van der Waals surface area contributed by atoms with Crippen LogP contribution in [0.15, 0.2) is 54.1 Å². The van der Waals surface area contributed by atoms with Crippen LogP contribution in [0.1, 0.15) is 20.1 Å². The van der Waals surface area contributed by atoms with Crippen LogP contribution in [0, 0.1) is 11.3 Å². The molecule has 0 bridgehead atoms. The Bertz CT molecular complexity index is 1180. The number of rotatable bonds is 7. The fraction of sp³-hybridized carbons (Fsp3) is 0.350. The Balaban J connectivity index is 1.55. The summed E-state index contributed by atoms with van der Waals surface area (Å²) in [4.78, 5) is 23.1. The highest BCUT2D eigenvalue weighted by molar-refractivity contribution is 8.00. The molecule has 4 rings (SSSR count). The predicted octanol–water partition coefficient (Wildman–Crippen LogP) is 3.30. The molecule has 0 radical (unpaired) electrons. The van der Waals surface area contributed by atoms with Gasteiger partial charge >= 0.3 is 7.15 Å². The van der Waals surface area contributed by atoms with E-state index in [-0.39, 0.29) is 30.1 Å². The number of hydrogen-bond acceptors (Lipinski definition) is 8. The number of para-hydroxylation sites is 1. The molecule has 0 amide bonds. The smallest absolute Gasteiger partial charge is 0.369 e. The van der Waals surface area contributed by atoms with Crippen molar-refractivity contribution < 1.29 is 13.8 Å². The first kappa shape index (κ1) is 21.6. The van der Waals surface area contributed by atoms with Gasteiger partial charge in [0.15, 0.2) is 16.9 Å². The van der Waals surface area contributed by atoms with Gasteiger partial charge in [0, 0.05) is 5.41 Å². The number of nitrogens with one attached hydrogen (secondary N) is 1. The normalized spacial score (nSPS) is 26.1. The second-order valence-electron chi connectivity index (χ2n) is 7.58. The van der Waals surface area contributed by atoms with E-state index in [0.717, 1.165) is 0 Å². The number of hydrogen-bond donors (Lipinski definition) is 2. The lowest BCUT2D eigenvalue weighted by Crippen LogP contribution is -2.30. The van der Waals surface area contributed by atoms with Crippen LogP contribution in [-0.2, 0) is 21.1 Å². The van der Waals surface area contributed by atoms with E-state index in [0.29, 0.717) is 11.4 Å². The monoisotopic (exact) mass is 460 g/mol. The molecule has 31 heavy (non-hydrogen) atoms. The molecule has 1 fully saturated rings. The van der Waals surface area contributed by atoms with Crippen molar-refractivity contribution in [1.82, 2.24) is 19.5 Å². The Morgan fingerprint density at radius 2 is 2.19 bits per heavy atom. The average Bonchev–Trinajstić information content (AvgIpc) is 3.27. The molecule has 1 aliphatic rings. The first-order chi connectivity index (χ1) is 14.8. The first-order valence-corrected chi connectivity index (χ1v) is 11.9. The summed E-state index contributed by atoms with van der Waals surface area (Å²) in [6, 6.07) is 9.30. The fourth-order valence-corrected chi connectivity index (χ4v) is 4.79. The van der Waals surface area contributed by atoms with Crippen molar-refractivity contribution in [1.29, 1.82) is 0 Å². The maximum Gasteiger partial charge on any atom is 0.573 e. The number of aromatic amines is 1. The number of nitrogens with two attached hydrogens (primary N) is 1. The van der Waals surface area contributed by atoms with Gasteiger partial charge in [0.05, 0.1) is 12.4 Å². The van der Waals surface area contributed by atoms with E-state index in [2.05, 4.69) is 28.5 Å². The van der Waals surface area contributed by atoms with E-state index in [4.69, 9.17) is 31.3 Å². The molecule has 1 aromatic carbocycles. The van der Waals surface area contributed by atoms with Gasteiger partial charge in [-0.3, -0.25) is 18.9 Å². The molecule has 5 unspecified atom stereocenters. The van der Waals surface area contributed by atoms with E-state index >= 15 is 0 Å². The minimum absolute atomic E-state index is 0.0142. The molecule has 2 aromatic heterocycles. The van der Waals surface area contributed by atoms with Crippen LogP contribution < -0.4 is 15.8 Å². The van der Waals surface area contributed by atoms with Crippen molar-refractivity contribution in [3.05, 3.63) is 59.7 Å². The maximum atomic E-state index is 12.2. The number of H-pyrrole nitrogens is 1. The van der Waals surface area contributed by atoms with Crippen molar-refractivity contribution in [3.8, 4) is 5.75 Å². The van der Waals surface area contributed by atoms with Crippen molar-refractivity contribution in [2.45, 2.75) is 26.2 Å². The van der Waals surface area contributed by atoms with E-state index in [1.54, 1.807) is 4.57 Å². The standard InChI is InChI=1S/C20H22N5O4PS/c1-4-20(3)12(2)14(10-27-30(31)29-13-8-6-5-7-9-13)28-18(20)25-11-22-15-16(25)23-19(21)24-17(15)26/h4-9,11-12,14,18H,1,10H2,2-3H3,(H2-,21,23,24,26)/p+1. The Labute approximate surface area is 184 Å². The van der Waals surface area contributed by atoms with E-state index in [1.807, 2.05) is 43.3 Å². The summed E-state index contributed by atoms with van der Waals surface area (Å²) < 4.78 is 19.6. The molecule has 1 saturated heterocycles. The average molecular weight is 460 g/mol. The number of fused-ring (bicyclic) bond motifs is 1. The quantitative estimate of drug-likeness (QED) is 0.407. The largest absolute Gasteiger partial charge is 0.573 e. The predicted molar refractivity (Wildman–Crippen MR) is 121 cm³/mol. The maximum absolute atomic E-state index is 12.2. The third-order valence-corrected chi connectivity index (χ3v) is 7.04. The lowest BCUT2D eigenvalue weighted by molar-refractivity contribution is -0.0366. The molecule has 3 aromatic rings. The number of nitrogen functional groups attached to an aromatic ring is 1. The van der Waals surface area contributed by atoms with Crippen LogP contribution in [0.2, 0.25) is 0 Å². The Morgan fingerprint density at radius 1 is 1.45 bits per heavy atom. The minimum Gasteiger partial charge on any atom is -0.369 e. The Kier molecular flexibility index (Phi) is 5.90. The van der Waals surface area contributed by atoms with E-state index < -0.39 is 24.4 Å². The third-order valence-electron chi connectivity index (χ3n) is 5.79. The van der Waals surface area contributed by atoms with Crippen LogP contribution in [0.5, 0.6) is 5.75 Å². The van der Waals surface area contributed by atoms with Crippen LogP contribution in [0.4, 0.5) is 5.95 Å². The molecular weight excluding hydrogens is 437 g/mol. The molecule has 11 heteroatoms. The summed E-state index contributed by atoms with van der Waals surface area (Å²) >= 11 is 5.35. The van der Waals surface area contributed by atoms with Crippen molar-refractivity contribution in [2.24, 2.45) is 11.3 Å². The number of ether oxygens (including phenoxy) is 1. The van der Waals surface area contributed by atoms with Gasteiger partial charge in [0.2, 0.25) is 17.8 Å². The molecule has 5 atom stereocenters.